The van der Waals surface area contributed by atoms with E-state index < -0.39 is 15.8 Å². The van der Waals surface area contributed by atoms with Crippen LogP contribution in [0.5, 0.6) is 0 Å². The molecule has 1 heterocycles. The number of aromatic nitrogens is 1. The smallest absolute Gasteiger partial charge is 0.264 e. The fourth-order valence-corrected chi connectivity index (χ4v) is 2.74. The minimum atomic E-state index is -3.94. The summed E-state index contributed by atoms with van der Waals surface area (Å²) in [7, 11) is -3.94. The summed E-state index contributed by atoms with van der Waals surface area (Å²) in [6.45, 7) is 1.78. The van der Waals surface area contributed by atoms with Gasteiger partial charge in [0.05, 0.1) is 17.6 Å². The molecule has 1 aromatic heterocycles. The second-order valence-corrected chi connectivity index (χ2v) is 5.69. The number of aryl methyl sites for hydroxylation is 1. The molecular weight excluding hydrogens is 269 g/mol. The van der Waals surface area contributed by atoms with Gasteiger partial charge in [-0.3, -0.25) is 9.71 Å². The maximum atomic E-state index is 13.1. The molecule has 0 fully saturated rings. The van der Waals surface area contributed by atoms with E-state index in [0.29, 0.717) is 5.69 Å². The average molecular weight is 281 g/mol. The summed E-state index contributed by atoms with van der Waals surface area (Å²) >= 11 is 0. The van der Waals surface area contributed by atoms with E-state index in [2.05, 4.69) is 9.71 Å². The van der Waals surface area contributed by atoms with Crippen molar-refractivity contribution in [1.82, 2.24) is 4.98 Å². The van der Waals surface area contributed by atoms with Gasteiger partial charge in [0.1, 0.15) is 10.7 Å². The van der Waals surface area contributed by atoms with Gasteiger partial charge in [0.2, 0.25) is 0 Å². The van der Waals surface area contributed by atoms with Gasteiger partial charge < -0.3 is 5.73 Å². The summed E-state index contributed by atoms with van der Waals surface area (Å²) in [4.78, 5) is 3.57. The number of pyridine rings is 1. The van der Waals surface area contributed by atoms with Crippen molar-refractivity contribution in [1.29, 1.82) is 0 Å². The van der Waals surface area contributed by atoms with Crippen molar-refractivity contribution in [2.45, 2.75) is 11.8 Å². The molecule has 100 valence electrons. The molecule has 0 saturated heterocycles. The van der Waals surface area contributed by atoms with Crippen LogP contribution in [0.4, 0.5) is 15.8 Å². The van der Waals surface area contributed by atoms with Gasteiger partial charge in [-0.15, -0.1) is 0 Å². The van der Waals surface area contributed by atoms with Gasteiger partial charge in [-0.05, 0) is 36.8 Å². The lowest BCUT2D eigenvalue weighted by atomic mass is 10.3. The number of nitrogens with one attached hydrogen (secondary N) is 1. The Hall–Kier alpha value is -2.15. The molecule has 0 spiro atoms. The number of rotatable bonds is 3. The summed E-state index contributed by atoms with van der Waals surface area (Å²) in [5.74, 6) is -0.669. The molecule has 0 unspecified atom stereocenters. The molecule has 2 rings (SSSR count). The molecule has 0 saturated carbocycles. The third-order valence-corrected chi connectivity index (χ3v) is 3.83. The number of sulfonamides is 1. The number of hydrogen-bond acceptors (Lipinski definition) is 4. The first-order valence-electron chi connectivity index (χ1n) is 5.38. The summed E-state index contributed by atoms with van der Waals surface area (Å²) < 4.78 is 39.6. The average Bonchev–Trinajstić information content (AvgIpc) is 2.31. The maximum absolute atomic E-state index is 13.1. The normalized spacial score (nSPS) is 11.3. The van der Waals surface area contributed by atoms with Crippen LogP contribution in [0, 0.1) is 12.7 Å². The Morgan fingerprint density at radius 2 is 2.00 bits per heavy atom. The molecule has 0 bridgehead atoms. The molecule has 19 heavy (non-hydrogen) atoms. The van der Waals surface area contributed by atoms with Crippen molar-refractivity contribution in [3.63, 3.8) is 0 Å². The Labute approximate surface area is 110 Å². The van der Waals surface area contributed by atoms with E-state index in [4.69, 9.17) is 5.73 Å². The van der Waals surface area contributed by atoms with Crippen molar-refractivity contribution in [3.05, 3.63) is 48.0 Å². The van der Waals surface area contributed by atoms with E-state index in [0.717, 1.165) is 17.7 Å². The predicted octanol–water partition coefficient (Wildman–Crippen LogP) is 1.91. The summed E-state index contributed by atoms with van der Waals surface area (Å²) in [6, 6.07) is 4.79. The lowest BCUT2D eigenvalue weighted by Crippen LogP contribution is -2.15. The summed E-state index contributed by atoms with van der Waals surface area (Å²) in [5, 5.41) is 0. The van der Waals surface area contributed by atoms with E-state index in [1.54, 1.807) is 19.2 Å². The fraction of sp³-hybridized carbons (Fsp3) is 0.0833. The number of nitrogens with two attached hydrogens (primary N) is 1. The Bertz CT molecular complexity index is 717. The number of anilines is 2. The Kier molecular flexibility index (Phi) is 3.39. The lowest BCUT2D eigenvalue weighted by Gasteiger charge is -2.10. The number of benzene rings is 1. The van der Waals surface area contributed by atoms with E-state index >= 15 is 0 Å². The van der Waals surface area contributed by atoms with Gasteiger partial charge in [0.25, 0.3) is 10.0 Å². The molecule has 2 aromatic rings. The van der Waals surface area contributed by atoms with Crippen molar-refractivity contribution < 1.29 is 12.8 Å². The maximum Gasteiger partial charge on any atom is 0.264 e. The van der Waals surface area contributed by atoms with Crippen molar-refractivity contribution >= 4 is 21.4 Å². The molecular formula is C12H12FN3O2S. The van der Waals surface area contributed by atoms with Gasteiger partial charge in [-0.25, -0.2) is 12.8 Å². The summed E-state index contributed by atoms with van der Waals surface area (Å²) in [5.41, 5.74) is 6.63. The molecule has 0 atom stereocenters. The molecule has 0 aliphatic carbocycles. The number of hydrogen-bond donors (Lipinski definition) is 2. The minimum absolute atomic E-state index is 0.0190. The SMILES string of the molecule is Cc1cncc(NS(=O)(=O)c2cc(F)ccc2N)c1. The van der Waals surface area contributed by atoms with Crippen LogP contribution < -0.4 is 10.5 Å². The quantitative estimate of drug-likeness (QED) is 0.842. The van der Waals surface area contributed by atoms with Crippen LogP contribution in [0.2, 0.25) is 0 Å². The number of nitrogens with zero attached hydrogens (tertiary/aromatic N) is 1. The molecule has 0 radical (unpaired) electrons. The van der Waals surface area contributed by atoms with E-state index in [1.807, 2.05) is 0 Å². The zero-order chi connectivity index (χ0) is 14.0. The number of halogens is 1. The zero-order valence-electron chi connectivity index (χ0n) is 10.1. The number of nitrogen functional groups attached to an aromatic ring is 1. The monoisotopic (exact) mass is 281 g/mol. The van der Waals surface area contributed by atoms with Crippen molar-refractivity contribution in [2.24, 2.45) is 0 Å². The van der Waals surface area contributed by atoms with Gasteiger partial charge >= 0.3 is 0 Å². The lowest BCUT2D eigenvalue weighted by molar-refractivity contribution is 0.596. The van der Waals surface area contributed by atoms with Crippen LogP contribution in [0.1, 0.15) is 5.56 Å². The Morgan fingerprint density at radius 1 is 1.26 bits per heavy atom. The molecule has 7 heteroatoms. The topological polar surface area (TPSA) is 85.1 Å². The van der Waals surface area contributed by atoms with Crippen molar-refractivity contribution in [2.75, 3.05) is 10.5 Å². The third-order valence-electron chi connectivity index (χ3n) is 2.39. The van der Waals surface area contributed by atoms with Gasteiger partial charge in [-0.1, -0.05) is 0 Å². The Morgan fingerprint density at radius 3 is 2.68 bits per heavy atom. The second-order valence-electron chi connectivity index (χ2n) is 4.04. The highest BCUT2D eigenvalue weighted by Gasteiger charge is 2.18. The van der Waals surface area contributed by atoms with E-state index in [1.165, 1.54) is 12.3 Å². The second kappa shape index (κ2) is 4.85. The van der Waals surface area contributed by atoms with E-state index in [-0.39, 0.29) is 10.6 Å². The Balaban J connectivity index is 2.40. The van der Waals surface area contributed by atoms with Crippen LogP contribution in [0.15, 0.2) is 41.6 Å². The fourth-order valence-electron chi connectivity index (χ4n) is 1.56. The first-order valence-corrected chi connectivity index (χ1v) is 6.86. The van der Waals surface area contributed by atoms with E-state index in [9.17, 15) is 12.8 Å². The highest BCUT2D eigenvalue weighted by Crippen LogP contribution is 2.22. The first kappa shape index (κ1) is 13.3. The highest BCUT2D eigenvalue weighted by molar-refractivity contribution is 7.92. The van der Waals surface area contributed by atoms with Crippen LogP contribution in [0.3, 0.4) is 0 Å². The summed E-state index contributed by atoms with van der Waals surface area (Å²) in [6.07, 6.45) is 2.95. The molecule has 0 amide bonds. The van der Waals surface area contributed by atoms with Crippen molar-refractivity contribution in [3.8, 4) is 0 Å². The minimum Gasteiger partial charge on any atom is -0.398 e. The predicted molar refractivity (Wildman–Crippen MR) is 70.6 cm³/mol. The molecule has 0 aliphatic heterocycles. The van der Waals surface area contributed by atoms with Gasteiger partial charge in [0, 0.05) is 6.20 Å². The third kappa shape index (κ3) is 3.00. The molecule has 3 N–H and O–H groups in total. The van der Waals surface area contributed by atoms with Crippen LogP contribution in [0.25, 0.3) is 0 Å². The highest BCUT2D eigenvalue weighted by atomic mass is 32.2. The largest absolute Gasteiger partial charge is 0.398 e. The van der Waals surface area contributed by atoms with Gasteiger partial charge in [-0.2, -0.15) is 0 Å². The first-order chi connectivity index (χ1) is 8.88. The standard InChI is InChI=1S/C12H12FN3O2S/c1-8-4-10(7-15-6-8)16-19(17,18)12-5-9(13)2-3-11(12)14/h2-7,16H,14H2,1H3. The van der Waals surface area contributed by atoms with Gasteiger partial charge in [0.15, 0.2) is 0 Å². The van der Waals surface area contributed by atoms with Crippen LogP contribution in [-0.2, 0) is 10.0 Å². The van der Waals surface area contributed by atoms with Crippen LogP contribution in [-0.4, -0.2) is 13.4 Å². The molecule has 0 aliphatic rings. The zero-order valence-corrected chi connectivity index (χ0v) is 10.9. The molecule has 1 aromatic carbocycles. The molecule has 5 nitrogen and oxygen atoms in total. The van der Waals surface area contributed by atoms with Crippen LogP contribution >= 0.6 is 0 Å².